The molecule has 6 heteroatoms. The van der Waals surface area contributed by atoms with Gasteiger partial charge in [-0.25, -0.2) is 0 Å². The second-order valence-electron chi connectivity index (χ2n) is 4.44. The Morgan fingerprint density at radius 1 is 1.14 bits per heavy atom. The Hall–Kier alpha value is -2.76. The average molecular weight is 288 g/mol. The number of hydrogen-bond donors (Lipinski definition) is 0. The second kappa shape index (κ2) is 5.32. The van der Waals surface area contributed by atoms with Crippen LogP contribution in [0.15, 0.2) is 34.9 Å². The largest absolute Gasteiger partial charge is 0.469 e. The molecule has 108 valence electrons. The van der Waals surface area contributed by atoms with E-state index in [4.69, 9.17) is 13.9 Å². The molecule has 0 amide bonds. The summed E-state index contributed by atoms with van der Waals surface area (Å²) in [4.78, 5) is 22.9. The van der Waals surface area contributed by atoms with Gasteiger partial charge in [-0.15, -0.1) is 0 Å². The molecule has 1 aromatic heterocycles. The molecule has 0 fully saturated rings. The van der Waals surface area contributed by atoms with Crippen LogP contribution < -0.4 is 9.47 Å². The summed E-state index contributed by atoms with van der Waals surface area (Å²) in [7, 11) is 1.23. The van der Waals surface area contributed by atoms with E-state index < -0.39 is 11.8 Å². The lowest BCUT2D eigenvalue weighted by Gasteiger charge is -1.99. The molecule has 0 N–H and O–H groups in total. The van der Waals surface area contributed by atoms with E-state index in [1.54, 1.807) is 12.1 Å². The number of rotatable bonds is 4. The molecule has 21 heavy (non-hydrogen) atoms. The predicted molar refractivity (Wildman–Crippen MR) is 71.2 cm³/mol. The maximum atomic E-state index is 11.8. The van der Waals surface area contributed by atoms with Crippen LogP contribution in [-0.4, -0.2) is 25.7 Å². The third kappa shape index (κ3) is 2.60. The van der Waals surface area contributed by atoms with Crippen molar-refractivity contribution in [1.82, 2.24) is 0 Å². The Bertz CT molecular complexity index is 700. The minimum absolute atomic E-state index is 0.119. The highest BCUT2D eigenvalue weighted by Crippen LogP contribution is 2.36. The first kappa shape index (κ1) is 13.2. The lowest BCUT2D eigenvalue weighted by Crippen LogP contribution is -2.08. The fourth-order valence-corrected chi connectivity index (χ4v) is 2.00. The Balaban J connectivity index is 1.81. The fraction of sp³-hybridized carbons (Fsp3) is 0.200. The SMILES string of the molecule is COC(=O)CC(=O)c1cc(-c2ccc3c(c2)OCO3)co1. The number of esters is 1. The molecule has 0 saturated heterocycles. The molecule has 1 aromatic carbocycles. The third-order valence-electron chi connectivity index (χ3n) is 3.11. The summed E-state index contributed by atoms with van der Waals surface area (Å²) < 4.78 is 20.2. The summed E-state index contributed by atoms with van der Waals surface area (Å²) >= 11 is 0. The summed E-state index contributed by atoms with van der Waals surface area (Å²) in [6.07, 6.45) is 1.12. The van der Waals surface area contributed by atoms with Gasteiger partial charge in [0, 0.05) is 5.56 Å². The smallest absolute Gasteiger partial charge is 0.313 e. The summed E-state index contributed by atoms with van der Waals surface area (Å²) in [5.41, 5.74) is 1.56. The van der Waals surface area contributed by atoms with E-state index >= 15 is 0 Å². The molecule has 0 spiro atoms. The quantitative estimate of drug-likeness (QED) is 0.488. The molecular weight excluding hydrogens is 276 g/mol. The topological polar surface area (TPSA) is 75.0 Å². The Morgan fingerprint density at radius 2 is 1.95 bits per heavy atom. The van der Waals surface area contributed by atoms with E-state index in [0.717, 1.165) is 11.1 Å². The van der Waals surface area contributed by atoms with E-state index in [-0.39, 0.29) is 19.0 Å². The first-order valence-corrected chi connectivity index (χ1v) is 6.26. The van der Waals surface area contributed by atoms with Crippen LogP contribution in [0.5, 0.6) is 11.5 Å². The van der Waals surface area contributed by atoms with Crippen molar-refractivity contribution in [2.75, 3.05) is 13.9 Å². The summed E-state index contributed by atoms with van der Waals surface area (Å²) in [6.45, 7) is 0.201. The number of carbonyl (C=O) groups is 2. The van der Waals surface area contributed by atoms with Crippen LogP contribution >= 0.6 is 0 Å². The van der Waals surface area contributed by atoms with Crippen LogP contribution in [0.25, 0.3) is 11.1 Å². The first-order chi connectivity index (χ1) is 10.2. The van der Waals surface area contributed by atoms with Crippen molar-refractivity contribution in [2.45, 2.75) is 6.42 Å². The van der Waals surface area contributed by atoms with Gasteiger partial charge in [0.25, 0.3) is 0 Å². The van der Waals surface area contributed by atoms with Gasteiger partial charge in [-0.1, -0.05) is 6.07 Å². The highest BCUT2D eigenvalue weighted by atomic mass is 16.7. The van der Waals surface area contributed by atoms with Crippen molar-refractivity contribution in [2.24, 2.45) is 0 Å². The van der Waals surface area contributed by atoms with Crippen LogP contribution in [0, 0.1) is 0 Å². The van der Waals surface area contributed by atoms with Crippen LogP contribution in [0.2, 0.25) is 0 Å². The molecule has 6 nitrogen and oxygen atoms in total. The molecule has 0 aliphatic carbocycles. The fourth-order valence-electron chi connectivity index (χ4n) is 2.00. The zero-order valence-electron chi connectivity index (χ0n) is 11.3. The third-order valence-corrected chi connectivity index (χ3v) is 3.11. The van der Waals surface area contributed by atoms with E-state index in [0.29, 0.717) is 11.5 Å². The molecule has 0 bridgehead atoms. The van der Waals surface area contributed by atoms with Crippen molar-refractivity contribution in [3.05, 3.63) is 36.3 Å². The molecule has 2 heterocycles. The molecule has 1 aliphatic rings. The summed E-state index contributed by atoms with van der Waals surface area (Å²) in [6, 6.07) is 7.03. The van der Waals surface area contributed by atoms with Crippen LogP contribution in [0.4, 0.5) is 0 Å². The first-order valence-electron chi connectivity index (χ1n) is 6.26. The van der Waals surface area contributed by atoms with Gasteiger partial charge in [0.2, 0.25) is 12.6 Å². The number of carbonyl (C=O) groups excluding carboxylic acids is 2. The minimum Gasteiger partial charge on any atom is -0.469 e. The molecule has 2 aromatic rings. The normalized spacial score (nSPS) is 12.2. The Morgan fingerprint density at radius 3 is 2.76 bits per heavy atom. The number of ketones is 1. The average Bonchev–Trinajstić information content (AvgIpc) is 3.15. The van der Waals surface area contributed by atoms with Crippen LogP contribution in [0.1, 0.15) is 17.0 Å². The number of hydrogen-bond acceptors (Lipinski definition) is 6. The molecular formula is C15H12O6. The van der Waals surface area contributed by atoms with Crippen molar-refractivity contribution >= 4 is 11.8 Å². The monoisotopic (exact) mass is 288 g/mol. The van der Waals surface area contributed by atoms with E-state index in [9.17, 15) is 9.59 Å². The molecule has 0 radical (unpaired) electrons. The summed E-state index contributed by atoms with van der Waals surface area (Å²) in [5, 5.41) is 0. The highest BCUT2D eigenvalue weighted by molar-refractivity contribution is 6.04. The van der Waals surface area contributed by atoms with Gasteiger partial charge in [0.05, 0.1) is 13.4 Å². The number of benzene rings is 1. The van der Waals surface area contributed by atoms with E-state index in [1.807, 2.05) is 12.1 Å². The number of ether oxygens (including phenoxy) is 3. The Kier molecular flexibility index (Phi) is 3.35. The lowest BCUT2D eigenvalue weighted by molar-refractivity contribution is -0.139. The second-order valence-corrected chi connectivity index (χ2v) is 4.44. The van der Waals surface area contributed by atoms with Gasteiger partial charge < -0.3 is 18.6 Å². The van der Waals surface area contributed by atoms with Gasteiger partial charge in [-0.2, -0.15) is 0 Å². The molecule has 0 saturated carbocycles. The lowest BCUT2D eigenvalue weighted by atomic mass is 10.1. The van der Waals surface area contributed by atoms with Gasteiger partial charge in [-0.05, 0) is 23.8 Å². The van der Waals surface area contributed by atoms with Crippen molar-refractivity contribution < 1.29 is 28.2 Å². The van der Waals surface area contributed by atoms with Gasteiger partial charge in [0.15, 0.2) is 17.3 Å². The Labute approximate surface area is 120 Å². The predicted octanol–water partition coefficient (Wildman–Crippen LogP) is 2.42. The van der Waals surface area contributed by atoms with Gasteiger partial charge in [0.1, 0.15) is 6.42 Å². The van der Waals surface area contributed by atoms with E-state index in [2.05, 4.69) is 4.74 Å². The zero-order chi connectivity index (χ0) is 14.8. The maximum Gasteiger partial charge on any atom is 0.313 e. The number of fused-ring (bicyclic) bond motifs is 1. The molecule has 3 rings (SSSR count). The number of methoxy groups -OCH3 is 1. The van der Waals surface area contributed by atoms with E-state index in [1.165, 1.54) is 13.4 Å². The summed E-state index contributed by atoms with van der Waals surface area (Å²) in [5.74, 6) is 0.434. The molecule has 1 aliphatic heterocycles. The zero-order valence-corrected chi connectivity index (χ0v) is 11.3. The minimum atomic E-state index is -0.596. The number of furan rings is 1. The van der Waals surface area contributed by atoms with Crippen molar-refractivity contribution in [1.29, 1.82) is 0 Å². The number of Topliss-reactive ketones (excluding diaryl/α,β-unsaturated/α-hetero) is 1. The highest BCUT2D eigenvalue weighted by Gasteiger charge is 2.18. The maximum absolute atomic E-state index is 11.8. The van der Waals surface area contributed by atoms with Crippen LogP contribution in [0.3, 0.4) is 0 Å². The molecule has 0 unspecified atom stereocenters. The molecule has 0 atom stereocenters. The van der Waals surface area contributed by atoms with Crippen molar-refractivity contribution in [3.63, 3.8) is 0 Å². The van der Waals surface area contributed by atoms with Crippen molar-refractivity contribution in [3.8, 4) is 22.6 Å². The van der Waals surface area contributed by atoms with Crippen LogP contribution in [-0.2, 0) is 9.53 Å². The standard InChI is InChI=1S/C15H12O6/c1-18-15(17)6-11(16)13-5-10(7-19-13)9-2-3-12-14(4-9)21-8-20-12/h2-5,7H,6,8H2,1H3. The van der Waals surface area contributed by atoms with Gasteiger partial charge in [-0.3, -0.25) is 9.59 Å². The van der Waals surface area contributed by atoms with Gasteiger partial charge >= 0.3 is 5.97 Å².